The number of piperidine rings is 1. The summed E-state index contributed by atoms with van der Waals surface area (Å²) in [7, 11) is -0.593. The molecule has 29 heavy (non-hydrogen) atoms. The van der Waals surface area contributed by atoms with E-state index in [-0.39, 0.29) is 22.6 Å². The maximum atomic E-state index is 12.7. The molecule has 10 nitrogen and oxygen atoms in total. The van der Waals surface area contributed by atoms with E-state index in [1.54, 1.807) is 17.0 Å². The standard InChI is InChI=1S/C18H22N4O6S/c1-21(2)29(24,25)14-5-3-13(4-6-14)15-19-20-16(28-15)17(23)22-9-7-18(8-10-22)26-11-12-27-18/h3-6H,7-12H2,1-2H3. The average Bonchev–Trinajstić information content (AvgIpc) is 3.38. The molecule has 11 heteroatoms. The Morgan fingerprint density at radius 3 is 2.28 bits per heavy atom. The Balaban J connectivity index is 1.45. The number of hydrogen-bond donors (Lipinski definition) is 0. The summed E-state index contributed by atoms with van der Waals surface area (Å²) in [5.41, 5.74) is 0.527. The summed E-state index contributed by atoms with van der Waals surface area (Å²) < 4.78 is 42.3. The van der Waals surface area contributed by atoms with Crippen molar-refractivity contribution in [3.05, 3.63) is 30.2 Å². The first-order chi connectivity index (χ1) is 13.8. The van der Waals surface area contributed by atoms with Crippen molar-refractivity contribution in [2.45, 2.75) is 23.5 Å². The summed E-state index contributed by atoms with van der Waals surface area (Å²) in [5.74, 6) is -0.860. The van der Waals surface area contributed by atoms with Gasteiger partial charge in [-0.2, -0.15) is 0 Å². The van der Waals surface area contributed by atoms with Gasteiger partial charge in [0, 0.05) is 45.6 Å². The fraction of sp³-hybridized carbons (Fsp3) is 0.500. The zero-order valence-electron chi connectivity index (χ0n) is 16.2. The molecule has 156 valence electrons. The van der Waals surface area contributed by atoms with Gasteiger partial charge in [0.15, 0.2) is 5.79 Å². The zero-order valence-corrected chi connectivity index (χ0v) is 17.0. The van der Waals surface area contributed by atoms with Gasteiger partial charge in [-0.1, -0.05) is 0 Å². The molecule has 2 fully saturated rings. The van der Waals surface area contributed by atoms with Crippen LogP contribution in [0.4, 0.5) is 0 Å². The van der Waals surface area contributed by atoms with E-state index in [1.807, 2.05) is 0 Å². The Labute approximate surface area is 168 Å². The van der Waals surface area contributed by atoms with Crippen molar-refractivity contribution < 1.29 is 27.1 Å². The van der Waals surface area contributed by atoms with Crippen LogP contribution in [0.2, 0.25) is 0 Å². The molecule has 2 aliphatic heterocycles. The molecule has 0 N–H and O–H groups in total. The Kier molecular flexibility index (Phi) is 5.15. The van der Waals surface area contributed by atoms with E-state index in [9.17, 15) is 13.2 Å². The molecule has 1 aromatic carbocycles. The van der Waals surface area contributed by atoms with Gasteiger partial charge in [-0.3, -0.25) is 4.79 Å². The Morgan fingerprint density at radius 2 is 1.69 bits per heavy atom. The van der Waals surface area contributed by atoms with E-state index in [0.717, 1.165) is 4.31 Å². The molecule has 2 aromatic rings. The molecule has 1 spiro atoms. The number of ether oxygens (including phenoxy) is 2. The van der Waals surface area contributed by atoms with Gasteiger partial charge in [-0.05, 0) is 24.3 Å². The first-order valence-electron chi connectivity index (χ1n) is 9.24. The van der Waals surface area contributed by atoms with E-state index in [2.05, 4.69) is 10.2 Å². The third-order valence-corrected chi connectivity index (χ3v) is 6.94. The minimum Gasteiger partial charge on any atom is -0.412 e. The van der Waals surface area contributed by atoms with Crippen molar-refractivity contribution in [1.82, 2.24) is 19.4 Å². The van der Waals surface area contributed by atoms with E-state index < -0.39 is 15.8 Å². The quantitative estimate of drug-likeness (QED) is 0.716. The maximum absolute atomic E-state index is 12.7. The first kappa shape index (κ1) is 20.0. The van der Waals surface area contributed by atoms with E-state index in [0.29, 0.717) is 44.7 Å². The van der Waals surface area contributed by atoms with Crippen LogP contribution in [0, 0.1) is 0 Å². The van der Waals surface area contributed by atoms with Gasteiger partial charge in [0.2, 0.25) is 15.9 Å². The molecule has 4 rings (SSSR count). The molecule has 0 atom stereocenters. The molecule has 0 unspecified atom stereocenters. The monoisotopic (exact) mass is 422 g/mol. The molecule has 0 aliphatic carbocycles. The number of carbonyl (C=O) groups excluding carboxylic acids is 1. The third-order valence-electron chi connectivity index (χ3n) is 5.11. The van der Waals surface area contributed by atoms with Gasteiger partial charge in [0.05, 0.1) is 18.1 Å². The largest absolute Gasteiger partial charge is 0.412 e. The number of rotatable bonds is 4. The summed E-state index contributed by atoms with van der Waals surface area (Å²) in [4.78, 5) is 14.5. The van der Waals surface area contributed by atoms with Crippen LogP contribution in [0.15, 0.2) is 33.6 Å². The fourth-order valence-corrected chi connectivity index (χ4v) is 4.28. The molecule has 2 aliphatic rings. The molecule has 0 saturated carbocycles. The van der Waals surface area contributed by atoms with Gasteiger partial charge in [-0.15, -0.1) is 10.2 Å². The van der Waals surface area contributed by atoms with Crippen LogP contribution in [0.3, 0.4) is 0 Å². The Bertz CT molecular complexity index is 986. The maximum Gasteiger partial charge on any atom is 0.311 e. The topological polar surface area (TPSA) is 115 Å². The SMILES string of the molecule is CN(C)S(=O)(=O)c1ccc(-c2nnc(C(=O)N3CCC4(CC3)OCCO4)o2)cc1. The minimum absolute atomic E-state index is 0.103. The molecular formula is C18H22N4O6S. The molecular weight excluding hydrogens is 400 g/mol. The van der Waals surface area contributed by atoms with E-state index in [1.165, 1.54) is 26.2 Å². The van der Waals surface area contributed by atoms with Crippen LogP contribution in [0.1, 0.15) is 23.5 Å². The lowest BCUT2D eigenvalue weighted by atomic mass is 10.0. The number of aromatic nitrogens is 2. The molecule has 0 bridgehead atoms. The van der Waals surface area contributed by atoms with Crippen LogP contribution in [-0.4, -0.2) is 79.9 Å². The van der Waals surface area contributed by atoms with Crippen molar-refractivity contribution in [3.63, 3.8) is 0 Å². The van der Waals surface area contributed by atoms with Crippen LogP contribution in [-0.2, 0) is 19.5 Å². The van der Waals surface area contributed by atoms with Crippen molar-refractivity contribution in [2.75, 3.05) is 40.4 Å². The van der Waals surface area contributed by atoms with Gasteiger partial charge in [0.25, 0.3) is 0 Å². The van der Waals surface area contributed by atoms with Gasteiger partial charge < -0.3 is 18.8 Å². The average molecular weight is 422 g/mol. The normalized spacial score (nSPS) is 19.2. The lowest BCUT2D eigenvalue weighted by molar-refractivity contribution is -0.181. The number of likely N-dealkylation sites (tertiary alicyclic amines) is 1. The summed E-state index contributed by atoms with van der Waals surface area (Å²) >= 11 is 0. The lowest BCUT2D eigenvalue weighted by Gasteiger charge is -2.36. The Morgan fingerprint density at radius 1 is 1.07 bits per heavy atom. The highest BCUT2D eigenvalue weighted by Crippen LogP contribution is 2.32. The summed E-state index contributed by atoms with van der Waals surface area (Å²) in [5, 5.41) is 7.79. The van der Waals surface area contributed by atoms with Crippen molar-refractivity contribution >= 4 is 15.9 Å². The van der Waals surface area contributed by atoms with Gasteiger partial charge in [0.1, 0.15) is 0 Å². The number of hydrogen-bond acceptors (Lipinski definition) is 8. The number of carbonyl (C=O) groups is 1. The predicted molar refractivity (Wildman–Crippen MR) is 100 cm³/mol. The van der Waals surface area contributed by atoms with Crippen molar-refractivity contribution in [1.29, 1.82) is 0 Å². The van der Waals surface area contributed by atoms with Crippen LogP contribution in [0.25, 0.3) is 11.5 Å². The smallest absolute Gasteiger partial charge is 0.311 e. The molecule has 2 saturated heterocycles. The molecule has 1 aromatic heterocycles. The number of sulfonamides is 1. The fourth-order valence-electron chi connectivity index (χ4n) is 3.38. The molecule has 3 heterocycles. The highest BCUT2D eigenvalue weighted by atomic mass is 32.2. The number of benzene rings is 1. The van der Waals surface area contributed by atoms with E-state index >= 15 is 0 Å². The second-order valence-electron chi connectivity index (χ2n) is 7.12. The second-order valence-corrected chi connectivity index (χ2v) is 9.28. The molecule has 0 radical (unpaired) electrons. The number of nitrogens with zero attached hydrogens (tertiary/aromatic N) is 4. The highest BCUT2D eigenvalue weighted by molar-refractivity contribution is 7.89. The number of amides is 1. The predicted octanol–water partition coefficient (Wildman–Crippen LogP) is 0.966. The third kappa shape index (κ3) is 3.78. The Hall–Kier alpha value is -2.34. The van der Waals surface area contributed by atoms with Crippen LogP contribution >= 0.6 is 0 Å². The lowest BCUT2D eigenvalue weighted by Crippen LogP contribution is -2.47. The molecule has 1 amide bonds. The van der Waals surface area contributed by atoms with Crippen LogP contribution in [0.5, 0.6) is 0 Å². The van der Waals surface area contributed by atoms with E-state index in [4.69, 9.17) is 13.9 Å². The second kappa shape index (κ2) is 7.48. The van der Waals surface area contributed by atoms with Crippen LogP contribution < -0.4 is 0 Å². The summed E-state index contributed by atoms with van der Waals surface area (Å²) in [6.45, 7) is 2.12. The zero-order chi connectivity index (χ0) is 20.6. The first-order valence-corrected chi connectivity index (χ1v) is 10.7. The summed E-state index contributed by atoms with van der Waals surface area (Å²) in [6, 6.07) is 6.05. The van der Waals surface area contributed by atoms with Crippen molar-refractivity contribution in [2.24, 2.45) is 0 Å². The van der Waals surface area contributed by atoms with Gasteiger partial charge >= 0.3 is 11.8 Å². The highest BCUT2D eigenvalue weighted by Gasteiger charge is 2.41. The summed E-state index contributed by atoms with van der Waals surface area (Å²) in [6.07, 6.45) is 1.20. The van der Waals surface area contributed by atoms with Gasteiger partial charge in [-0.25, -0.2) is 12.7 Å². The van der Waals surface area contributed by atoms with Crippen molar-refractivity contribution in [3.8, 4) is 11.5 Å². The minimum atomic E-state index is -3.52.